The van der Waals surface area contributed by atoms with Crippen LogP contribution in [0.25, 0.3) is 27.1 Å². The van der Waals surface area contributed by atoms with Crippen molar-refractivity contribution < 1.29 is 0 Å². The van der Waals surface area contributed by atoms with Gasteiger partial charge in [0.15, 0.2) is 0 Å². The molecule has 0 radical (unpaired) electrons. The van der Waals surface area contributed by atoms with Crippen molar-refractivity contribution in [1.29, 1.82) is 0 Å². The first kappa shape index (κ1) is 8.12. The van der Waals surface area contributed by atoms with Gasteiger partial charge in [0, 0.05) is 0 Å². The van der Waals surface area contributed by atoms with Gasteiger partial charge in [0.25, 0.3) is 0 Å². The quantitative estimate of drug-likeness (QED) is 0.371. The standard InChI is InChI=1S/C16H10/c1-10-13-6-2-4-11-8-9-12-5-3-7-14(10)16(12)15(11)13/h2-9H,1H2. The Morgan fingerprint density at radius 3 is 1.62 bits per heavy atom. The van der Waals surface area contributed by atoms with Crippen molar-refractivity contribution in [3.05, 3.63) is 66.2 Å². The number of rotatable bonds is 0. The molecule has 74 valence electrons. The Kier molecular flexibility index (Phi) is 1.29. The van der Waals surface area contributed by atoms with Gasteiger partial charge in [-0.05, 0) is 38.2 Å². The fraction of sp³-hybridized carbons (Fsp3) is 0. The summed E-state index contributed by atoms with van der Waals surface area (Å²) in [5.41, 5.74) is 3.76. The van der Waals surface area contributed by atoms with Crippen LogP contribution in [-0.4, -0.2) is 0 Å². The molecule has 1 aliphatic carbocycles. The first-order valence-electron chi connectivity index (χ1n) is 5.50. The summed E-state index contributed by atoms with van der Waals surface area (Å²) in [7, 11) is 0. The van der Waals surface area contributed by atoms with Crippen LogP contribution in [0.1, 0.15) is 11.1 Å². The Morgan fingerprint density at radius 1 is 0.625 bits per heavy atom. The average molecular weight is 202 g/mol. The van der Waals surface area contributed by atoms with E-state index in [1.54, 1.807) is 0 Å². The zero-order valence-electron chi connectivity index (χ0n) is 8.83. The molecule has 0 spiro atoms. The molecule has 0 amide bonds. The van der Waals surface area contributed by atoms with Crippen molar-refractivity contribution in [3.63, 3.8) is 0 Å². The molecule has 0 bridgehead atoms. The van der Waals surface area contributed by atoms with Crippen LogP contribution < -0.4 is 0 Å². The summed E-state index contributed by atoms with van der Waals surface area (Å²) in [6.45, 7) is 4.22. The van der Waals surface area contributed by atoms with Gasteiger partial charge in [0.1, 0.15) is 0 Å². The Labute approximate surface area is 93.8 Å². The van der Waals surface area contributed by atoms with E-state index >= 15 is 0 Å². The van der Waals surface area contributed by atoms with Crippen molar-refractivity contribution in [2.75, 3.05) is 0 Å². The molecule has 0 saturated heterocycles. The summed E-state index contributed by atoms with van der Waals surface area (Å²) in [5, 5.41) is 5.38. The van der Waals surface area contributed by atoms with Crippen LogP contribution >= 0.6 is 0 Å². The lowest BCUT2D eigenvalue weighted by Crippen LogP contribution is -1.76. The molecule has 0 heteroatoms. The van der Waals surface area contributed by atoms with Crippen molar-refractivity contribution >= 4 is 27.1 Å². The number of benzene rings is 3. The van der Waals surface area contributed by atoms with Crippen molar-refractivity contribution in [2.24, 2.45) is 0 Å². The molecule has 0 N–H and O–H groups in total. The van der Waals surface area contributed by atoms with E-state index in [4.69, 9.17) is 0 Å². The first-order valence-corrected chi connectivity index (χ1v) is 5.50. The Balaban J connectivity index is 2.46. The van der Waals surface area contributed by atoms with E-state index in [0.29, 0.717) is 0 Å². The smallest absolute Gasteiger partial charge is 0.00206 e. The van der Waals surface area contributed by atoms with Gasteiger partial charge in [0.2, 0.25) is 0 Å². The highest BCUT2D eigenvalue weighted by Gasteiger charge is 2.19. The molecule has 3 aromatic rings. The average Bonchev–Trinajstić information content (AvgIpc) is 2.64. The first-order chi connectivity index (χ1) is 7.86. The summed E-state index contributed by atoms with van der Waals surface area (Å²) < 4.78 is 0. The summed E-state index contributed by atoms with van der Waals surface area (Å²) in [6.07, 6.45) is 0. The molecule has 0 atom stereocenters. The maximum atomic E-state index is 4.22. The molecule has 0 heterocycles. The van der Waals surface area contributed by atoms with Crippen LogP contribution in [0.4, 0.5) is 0 Å². The second-order valence-electron chi connectivity index (χ2n) is 4.35. The lowest BCUT2D eigenvalue weighted by Gasteiger charge is -2.01. The highest BCUT2D eigenvalue weighted by Crippen LogP contribution is 2.43. The van der Waals surface area contributed by atoms with E-state index in [2.05, 4.69) is 55.1 Å². The fourth-order valence-electron chi connectivity index (χ4n) is 2.80. The highest BCUT2D eigenvalue weighted by molar-refractivity contribution is 6.22. The lowest BCUT2D eigenvalue weighted by atomic mass is 10.0. The van der Waals surface area contributed by atoms with Gasteiger partial charge in [-0.1, -0.05) is 55.1 Å². The molecule has 0 aromatic heterocycles. The third-order valence-corrected chi connectivity index (χ3v) is 3.54. The van der Waals surface area contributed by atoms with Crippen molar-refractivity contribution in [3.8, 4) is 0 Å². The van der Waals surface area contributed by atoms with Crippen molar-refractivity contribution in [1.82, 2.24) is 0 Å². The van der Waals surface area contributed by atoms with Gasteiger partial charge in [-0.3, -0.25) is 0 Å². The monoisotopic (exact) mass is 202 g/mol. The fourth-order valence-corrected chi connectivity index (χ4v) is 2.80. The van der Waals surface area contributed by atoms with Gasteiger partial charge < -0.3 is 0 Å². The van der Waals surface area contributed by atoms with Crippen LogP contribution in [0, 0.1) is 0 Å². The second-order valence-corrected chi connectivity index (χ2v) is 4.35. The van der Waals surface area contributed by atoms with Gasteiger partial charge >= 0.3 is 0 Å². The third-order valence-electron chi connectivity index (χ3n) is 3.54. The van der Waals surface area contributed by atoms with Crippen LogP contribution in [0.2, 0.25) is 0 Å². The van der Waals surface area contributed by atoms with Crippen LogP contribution in [0.5, 0.6) is 0 Å². The largest absolute Gasteiger partial charge is 0.0905 e. The Morgan fingerprint density at radius 2 is 1.12 bits per heavy atom. The van der Waals surface area contributed by atoms with Gasteiger partial charge in [-0.25, -0.2) is 0 Å². The summed E-state index contributed by atoms with van der Waals surface area (Å²) in [5.74, 6) is 0. The maximum absolute atomic E-state index is 4.22. The van der Waals surface area contributed by atoms with Crippen LogP contribution in [0.3, 0.4) is 0 Å². The zero-order chi connectivity index (χ0) is 10.7. The third kappa shape index (κ3) is 0.772. The predicted octanol–water partition coefficient (Wildman–Crippen LogP) is 4.37. The Bertz CT molecular complexity index is 699. The SMILES string of the molecule is C=C1c2cccc3ccc4cccc1c4c23. The van der Waals surface area contributed by atoms with Crippen LogP contribution in [0.15, 0.2) is 55.1 Å². The van der Waals surface area contributed by atoms with E-state index < -0.39 is 0 Å². The molecule has 4 rings (SSSR count). The summed E-state index contributed by atoms with van der Waals surface area (Å²) >= 11 is 0. The zero-order valence-corrected chi connectivity index (χ0v) is 8.83. The van der Waals surface area contributed by atoms with E-state index in [1.807, 2.05) is 0 Å². The van der Waals surface area contributed by atoms with Crippen molar-refractivity contribution in [2.45, 2.75) is 0 Å². The molecule has 0 nitrogen and oxygen atoms in total. The molecule has 0 unspecified atom stereocenters. The van der Waals surface area contributed by atoms with Gasteiger partial charge in [-0.15, -0.1) is 0 Å². The number of hydrogen-bond acceptors (Lipinski definition) is 0. The minimum atomic E-state index is 1.16. The molecular weight excluding hydrogens is 192 g/mol. The Hall–Kier alpha value is -2.08. The molecular formula is C16H10. The molecule has 1 aliphatic rings. The highest BCUT2D eigenvalue weighted by atomic mass is 14.2. The molecule has 0 saturated carbocycles. The second kappa shape index (κ2) is 2.53. The van der Waals surface area contributed by atoms with Gasteiger partial charge in [-0.2, -0.15) is 0 Å². The van der Waals surface area contributed by atoms with E-state index in [9.17, 15) is 0 Å². The van der Waals surface area contributed by atoms with Gasteiger partial charge in [0.05, 0.1) is 0 Å². The number of hydrogen-bond donors (Lipinski definition) is 0. The maximum Gasteiger partial charge on any atom is -0.00206 e. The van der Waals surface area contributed by atoms with E-state index in [1.165, 1.54) is 32.7 Å². The van der Waals surface area contributed by atoms with E-state index in [-0.39, 0.29) is 0 Å². The molecule has 3 aromatic carbocycles. The normalized spacial score (nSPS) is 13.1. The van der Waals surface area contributed by atoms with E-state index in [0.717, 1.165) is 5.57 Å². The summed E-state index contributed by atoms with van der Waals surface area (Å²) in [6, 6.07) is 17.3. The topological polar surface area (TPSA) is 0 Å². The van der Waals surface area contributed by atoms with Crippen LogP contribution in [-0.2, 0) is 0 Å². The minimum absolute atomic E-state index is 1.16. The lowest BCUT2D eigenvalue weighted by molar-refractivity contribution is 1.72. The molecule has 0 fully saturated rings. The predicted molar refractivity (Wildman–Crippen MR) is 69.6 cm³/mol. The minimum Gasteiger partial charge on any atom is -0.0905 e. The molecule has 16 heavy (non-hydrogen) atoms. The molecule has 0 aliphatic heterocycles. The summed E-state index contributed by atoms with van der Waals surface area (Å²) in [4.78, 5) is 0.